The van der Waals surface area contributed by atoms with Crippen LogP contribution in [0.5, 0.6) is 11.5 Å². The Hall–Kier alpha value is -2.44. The number of hydrogen-bond acceptors (Lipinski definition) is 4. The predicted octanol–water partition coefficient (Wildman–Crippen LogP) is 3.41. The lowest BCUT2D eigenvalue weighted by atomic mass is 10.2. The van der Waals surface area contributed by atoms with Crippen molar-refractivity contribution in [3.8, 4) is 11.5 Å². The second-order valence-corrected chi connectivity index (χ2v) is 5.24. The van der Waals surface area contributed by atoms with Crippen molar-refractivity contribution in [2.75, 3.05) is 11.9 Å². The van der Waals surface area contributed by atoms with Gasteiger partial charge < -0.3 is 20.3 Å². The molecule has 0 aliphatic heterocycles. The molecule has 2 rings (SSSR count). The summed E-state index contributed by atoms with van der Waals surface area (Å²) in [4.78, 5) is 22.6. The highest BCUT2D eigenvalue weighted by Gasteiger charge is 2.15. The summed E-state index contributed by atoms with van der Waals surface area (Å²) in [5.41, 5.74) is 0.363. The first-order chi connectivity index (χ1) is 10.9. The van der Waals surface area contributed by atoms with Crippen LogP contribution >= 0.6 is 23.2 Å². The predicted molar refractivity (Wildman–Crippen MR) is 85.7 cm³/mol. The standard InChI is InChI=1S/C15H11Cl2NO5/c16-10-5-8(6-11(17)14(10)23-7-13(20)21)18-15(22)9-3-1-2-4-12(9)19/h1-6,19H,7H2,(H,18,22)(H,20,21). The summed E-state index contributed by atoms with van der Waals surface area (Å²) in [6.07, 6.45) is 0. The van der Waals surface area contributed by atoms with Gasteiger partial charge in [0, 0.05) is 5.69 Å². The number of amides is 1. The molecule has 120 valence electrons. The third-order valence-electron chi connectivity index (χ3n) is 2.74. The normalized spacial score (nSPS) is 10.2. The Morgan fingerprint density at radius 3 is 2.30 bits per heavy atom. The second-order valence-electron chi connectivity index (χ2n) is 4.42. The number of hydrogen-bond donors (Lipinski definition) is 3. The molecule has 0 saturated carbocycles. The van der Waals surface area contributed by atoms with Crippen molar-refractivity contribution in [1.29, 1.82) is 0 Å². The summed E-state index contributed by atoms with van der Waals surface area (Å²) in [6.45, 7) is -0.594. The highest BCUT2D eigenvalue weighted by molar-refractivity contribution is 6.37. The van der Waals surface area contributed by atoms with Crippen molar-refractivity contribution in [2.24, 2.45) is 0 Å². The number of ether oxygens (including phenoxy) is 1. The number of phenols is 1. The quantitative estimate of drug-likeness (QED) is 0.763. The highest BCUT2D eigenvalue weighted by Crippen LogP contribution is 2.36. The highest BCUT2D eigenvalue weighted by atomic mass is 35.5. The molecule has 0 fully saturated rings. The van der Waals surface area contributed by atoms with Gasteiger partial charge >= 0.3 is 5.97 Å². The minimum Gasteiger partial charge on any atom is -0.507 e. The van der Waals surface area contributed by atoms with Crippen molar-refractivity contribution < 1.29 is 24.5 Å². The second kappa shape index (κ2) is 7.21. The molecular weight excluding hydrogens is 345 g/mol. The van der Waals surface area contributed by atoms with E-state index in [1.165, 1.54) is 24.3 Å². The minimum atomic E-state index is -1.17. The molecule has 2 aromatic rings. The van der Waals surface area contributed by atoms with Gasteiger partial charge in [0.1, 0.15) is 5.75 Å². The Kier molecular flexibility index (Phi) is 5.31. The first-order valence-electron chi connectivity index (χ1n) is 6.31. The molecule has 0 unspecified atom stereocenters. The van der Waals surface area contributed by atoms with Crippen LogP contribution in [-0.2, 0) is 4.79 Å². The fraction of sp³-hybridized carbons (Fsp3) is 0.0667. The lowest BCUT2D eigenvalue weighted by Crippen LogP contribution is -2.13. The van der Waals surface area contributed by atoms with Crippen LogP contribution in [-0.4, -0.2) is 28.7 Å². The summed E-state index contributed by atoms with van der Waals surface area (Å²) in [6, 6.07) is 8.77. The van der Waals surface area contributed by atoms with E-state index in [-0.39, 0.29) is 32.8 Å². The summed E-state index contributed by atoms with van der Waals surface area (Å²) in [5.74, 6) is -1.87. The molecule has 0 saturated heterocycles. The van der Waals surface area contributed by atoms with Gasteiger partial charge in [-0.1, -0.05) is 35.3 Å². The van der Waals surface area contributed by atoms with Crippen LogP contribution in [0.15, 0.2) is 36.4 Å². The van der Waals surface area contributed by atoms with Crippen LogP contribution in [0.3, 0.4) is 0 Å². The zero-order valence-electron chi connectivity index (χ0n) is 11.5. The van der Waals surface area contributed by atoms with Gasteiger partial charge in [-0.2, -0.15) is 0 Å². The van der Waals surface area contributed by atoms with Gasteiger partial charge in [0.2, 0.25) is 0 Å². The van der Waals surface area contributed by atoms with E-state index in [9.17, 15) is 14.7 Å². The largest absolute Gasteiger partial charge is 0.507 e. The van der Waals surface area contributed by atoms with Crippen LogP contribution in [0.1, 0.15) is 10.4 Å². The van der Waals surface area contributed by atoms with Gasteiger partial charge in [-0.15, -0.1) is 0 Å². The van der Waals surface area contributed by atoms with E-state index in [0.717, 1.165) is 0 Å². The molecule has 2 aromatic carbocycles. The van der Waals surface area contributed by atoms with Gasteiger partial charge in [-0.3, -0.25) is 4.79 Å². The van der Waals surface area contributed by atoms with E-state index in [1.54, 1.807) is 12.1 Å². The summed E-state index contributed by atoms with van der Waals surface area (Å²) < 4.78 is 4.98. The number of nitrogens with one attached hydrogen (secondary N) is 1. The molecule has 0 radical (unpaired) electrons. The molecule has 0 aromatic heterocycles. The summed E-state index contributed by atoms with van der Waals surface area (Å²) in [7, 11) is 0. The third-order valence-corrected chi connectivity index (χ3v) is 3.31. The zero-order valence-corrected chi connectivity index (χ0v) is 13.1. The van der Waals surface area contributed by atoms with Gasteiger partial charge in [-0.05, 0) is 24.3 Å². The maximum absolute atomic E-state index is 12.1. The van der Waals surface area contributed by atoms with E-state index in [0.29, 0.717) is 0 Å². The lowest BCUT2D eigenvalue weighted by molar-refractivity contribution is -0.139. The number of benzene rings is 2. The molecule has 3 N–H and O–H groups in total. The molecule has 6 nitrogen and oxygen atoms in total. The molecule has 0 bridgehead atoms. The number of halogens is 2. The molecule has 0 spiro atoms. The van der Waals surface area contributed by atoms with Gasteiger partial charge in [-0.25, -0.2) is 4.79 Å². The Labute approximate surface area is 141 Å². The fourth-order valence-electron chi connectivity index (χ4n) is 1.77. The van der Waals surface area contributed by atoms with Crippen LogP contribution < -0.4 is 10.1 Å². The van der Waals surface area contributed by atoms with Crippen molar-refractivity contribution >= 4 is 40.8 Å². The smallest absolute Gasteiger partial charge is 0.341 e. The van der Waals surface area contributed by atoms with Gasteiger partial charge in [0.15, 0.2) is 12.4 Å². The van der Waals surface area contributed by atoms with Crippen LogP contribution in [0.4, 0.5) is 5.69 Å². The third kappa shape index (κ3) is 4.28. The Balaban J connectivity index is 2.20. The van der Waals surface area contributed by atoms with Crippen molar-refractivity contribution in [1.82, 2.24) is 0 Å². The monoisotopic (exact) mass is 355 g/mol. The number of rotatable bonds is 5. The molecule has 8 heteroatoms. The van der Waals surface area contributed by atoms with Crippen molar-refractivity contribution in [2.45, 2.75) is 0 Å². The molecular formula is C15H11Cl2NO5. The number of aliphatic carboxylic acids is 1. The topological polar surface area (TPSA) is 95.9 Å². The van der Waals surface area contributed by atoms with E-state index in [1.807, 2.05) is 0 Å². The first-order valence-corrected chi connectivity index (χ1v) is 7.07. The summed E-state index contributed by atoms with van der Waals surface area (Å²) in [5, 5.41) is 20.9. The summed E-state index contributed by atoms with van der Waals surface area (Å²) >= 11 is 12.0. The van der Waals surface area contributed by atoms with Gasteiger partial charge in [0.25, 0.3) is 5.91 Å². The van der Waals surface area contributed by atoms with E-state index < -0.39 is 18.5 Å². The van der Waals surface area contributed by atoms with E-state index in [4.69, 9.17) is 33.0 Å². The Bertz CT molecular complexity index is 740. The molecule has 23 heavy (non-hydrogen) atoms. The average molecular weight is 356 g/mol. The average Bonchev–Trinajstić information content (AvgIpc) is 2.46. The zero-order chi connectivity index (χ0) is 17.0. The number of aromatic hydroxyl groups is 1. The minimum absolute atomic E-state index is 0.0105. The van der Waals surface area contributed by atoms with Gasteiger partial charge in [0.05, 0.1) is 15.6 Å². The molecule has 0 heterocycles. The number of carbonyl (C=O) groups is 2. The van der Waals surface area contributed by atoms with Crippen molar-refractivity contribution in [3.63, 3.8) is 0 Å². The number of carbonyl (C=O) groups excluding carboxylic acids is 1. The molecule has 0 atom stereocenters. The SMILES string of the molecule is O=C(O)COc1c(Cl)cc(NC(=O)c2ccccc2O)cc1Cl. The first kappa shape index (κ1) is 16.9. The number of carboxylic acid groups (broad SMARTS) is 1. The number of anilines is 1. The molecule has 1 amide bonds. The fourth-order valence-corrected chi connectivity index (χ4v) is 2.36. The van der Waals surface area contributed by atoms with E-state index in [2.05, 4.69) is 5.32 Å². The molecule has 0 aliphatic carbocycles. The molecule has 0 aliphatic rings. The maximum atomic E-state index is 12.1. The van der Waals surface area contributed by atoms with E-state index >= 15 is 0 Å². The van der Waals surface area contributed by atoms with Crippen LogP contribution in [0.25, 0.3) is 0 Å². The Morgan fingerprint density at radius 1 is 1.13 bits per heavy atom. The van der Waals surface area contributed by atoms with Crippen molar-refractivity contribution in [3.05, 3.63) is 52.0 Å². The number of para-hydroxylation sites is 1. The number of carboxylic acids is 1. The van der Waals surface area contributed by atoms with Crippen LogP contribution in [0.2, 0.25) is 10.0 Å². The number of phenolic OH excluding ortho intramolecular Hbond substituents is 1. The van der Waals surface area contributed by atoms with Crippen LogP contribution in [0, 0.1) is 0 Å². The Morgan fingerprint density at radius 2 is 1.74 bits per heavy atom. The maximum Gasteiger partial charge on any atom is 0.341 e. The lowest BCUT2D eigenvalue weighted by Gasteiger charge is -2.11.